The van der Waals surface area contributed by atoms with Crippen LogP contribution >= 0.6 is 23.1 Å². The Morgan fingerprint density at radius 3 is 2.63 bits per heavy atom. The van der Waals surface area contributed by atoms with Crippen molar-refractivity contribution in [3.05, 3.63) is 107 Å². The van der Waals surface area contributed by atoms with Gasteiger partial charge in [-0.15, -0.1) is 10.2 Å². The minimum atomic E-state index is -1.12. The van der Waals surface area contributed by atoms with Gasteiger partial charge in [-0.2, -0.15) is 0 Å². The molecule has 0 spiro atoms. The van der Waals surface area contributed by atoms with Crippen LogP contribution < -0.4 is 9.64 Å². The van der Waals surface area contributed by atoms with Crippen LogP contribution in [-0.2, 0) is 10.5 Å². The van der Waals surface area contributed by atoms with Gasteiger partial charge in [0.2, 0.25) is 10.9 Å². The number of aromatic hydroxyl groups is 1. The molecule has 2 N–H and O–H groups in total. The average Bonchev–Trinajstić information content (AvgIpc) is 3.69. The third kappa shape index (κ3) is 4.92. The number of aliphatic hydroxyl groups is 1. The second-order valence-corrected chi connectivity index (χ2v) is 11.2. The monoisotopic (exact) mass is 589 g/mol. The Labute approximate surface area is 240 Å². The zero-order valence-corrected chi connectivity index (χ0v) is 22.9. The molecule has 1 amide bonds. The van der Waals surface area contributed by atoms with Crippen LogP contribution in [0.1, 0.15) is 27.7 Å². The number of hydrogen-bond donors (Lipinski definition) is 2. The van der Waals surface area contributed by atoms with Gasteiger partial charge in [-0.05, 0) is 47.5 Å². The lowest BCUT2D eigenvalue weighted by Gasteiger charge is -2.24. The largest absolute Gasteiger partial charge is 0.504 e. The predicted molar refractivity (Wildman–Crippen MR) is 151 cm³/mol. The summed E-state index contributed by atoms with van der Waals surface area (Å²) in [4.78, 5) is 28.5. The molecule has 12 heteroatoms. The van der Waals surface area contributed by atoms with Gasteiger partial charge in [-0.25, -0.2) is 4.39 Å². The number of ether oxygens (including phenoxy) is 1. The number of rotatable bonds is 8. The van der Waals surface area contributed by atoms with Crippen LogP contribution in [0.2, 0.25) is 0 Å². The topological polar surface area (TPSA) is 126 Å². The summed E-state index contributed by atoms with van der Waals surface area (Å²) in [6.07, 6.45) is 0. The fourth-order valence-corrected chi connectivity index (χ4v) is 6.35. The lowest BCUT2D eigenvalue weighted by molar-refractivity contribution is -0.117. The minimum absolute atomic E-state index is 0.0500. The maximum Gasteiger partial charge on any atom is 0.296 e. The molecular formula is C29H20FN3O6S2. The number of Topliss-reactive ketones (excluding diaryl/α,β-unsaturated/α-hetero) is 1. The molecule has 3 aromatic carbocycles. The number of phenols is 1. The number of fused-ring (bicyclic) bond motifs is 1. The van der Waals surface area contributed by atoms with E-state index in [1.807, 2.05) is 0 Å². The standard InChI is InChI=1S/C29H20FN3O6S2/c1-38-21-13-17(8-11-19(21)34)24-23(25(35)22-12-16-4-2-3-5-20(16)39-22)26(36)27(37)33(24)28-31-32-29(41-28)40-14-15-6-9-18(30)10-7-15/h2-13,24,34,36H,14H2,1H3/t24-/m0/s1. The molecule has 0 saturated heterocycles. The van der Waals surface area contributed by atoms with Crippen molar-refractivity contribution in [2.75, 3.05) is 12.0 Å². The molecule has 0 fully saturated rings. The van der Waals surface area contributed by atoms with E-state index in [1.54, 1.807) is 42.5 Å². The zero-order valence-electron chi connectivity index (χ0n) is 21.3. The molecule has 6 rings (SSSR count). The lowest BCUT2D eigenvalue weighted by Crippen LogP contribution is -2.31. The van der Waals surface area contributed by atoms with E-state index in [0.717, 1.165) is 16.9 Å². The van der Waals surface area contributed by atoms with E-state index in [9.17, 15) is 24.2 Å². The first-order valence-electron chi connectivity index (χ1n) is 12.2. The van der Waals surface area contributed by atoms with Crippen molar-refractivity contribution in [2.45, 2.75) is 16.1 Å². The molecular weight excluding hydrogens is 569 g/mol. The minimum Gasteiger partial charge on any atom is -0.504 e. The fraction of sp³-hybridized carbons (Fsp3) is 0.103. The number of thioether (sulfide) groups is 1. The molecule has 9 nitrogen and oxygen atoms in total. The van der Waals surface area contributed by atoms with Crippen molar-refractivity contribution in [1.29, 1.82) is 0 Å². The van der Waals surface area contributed by atoms with E-state index in [2.05, 4.69) is 10.2 Å². The maximum atomic E-state index is 13.8. The van der Waals surface area contributed by atoms with Gasteiger partial charge in [0.25, 0.3) is 5.91 Å². The summed E-state index contributed by atoms with van der Waals surface area (Å²) in [5, 5.41) is 30.4. The molecule has 1 atom stereocenters. The van der Waals surface area contributed by atoms with Crippen molar-refractivity contribution >= 4 is 50.9 Å². The Kier molecular flexibility index (Phi) is 6.93. The highest BCUT2D eigenvalue weighted by Crippen LogP contribution is 2.45. The molecule has 1 aliphatic rings. The number of benzene rings is 3. The Hall–Kier alpha value is -4.68. The van der Waals surface area contributed by atoms with Crippen LogP contribution in [-0.4, -0.2) is 39.2 Å². The number of aliphatic hydroxyl groups excluding tert-OH is 1. The first-order valence-corrected chi connectivity index (χ1v) is 14.0. The number of anilines is 1. The average molecular weight is 590 g/mol. The summed E-state index contributed by atoms with van der Waals surface area (Å²) in [6, 6.07) is 17.9. The number of hydrogen-bond acceptors (Lipinski definition) is 10. The van der Waals surface area contributed by atoms with Gasteiger partial charge in [-0.1, -0.05) is 59.5 Å². The summed E-state index contributed by atoms with van der Waals surface area (Å²) in [5.74, 6) is -2.18. The van der Waals surface area contributed by atoms with Crippen LogP contribution in [0.4, 0.5) is 9.52 Å². The van der Waals surface area contributed by atoms with Crippen LogP contribution in [0.15, 0.2) is 92.9 Å². The number of aromatic nitrogens is 2. The van der Waals surface area contributed by atoms with E-state index in [1.165, 1.54) is 54.1 Å². The van der Waals surface area contributed by atoms with Crippen molar-refractivity contribution in [2.24, 2.45) is 0 Å². The SMILES string of the molecule is COc1cc([C@H]2C(C(=O)c3cc4ccccc4o3)=C(O)C(=O)N2c2nnc(SCc3ccc(F)cc3)s2)ccc1O. The number of para-hydroxylation sites is 1. The molecule has 41 heavy (non-hydrogen) atoms. The van der Waals surface area contributed by atoms with Crippen molar-refractivity contribution in [1.82, 2.24) is 10.2 Å². The number of methoxy groups -OCH3 is 1. The molecule has 3 heterocycles. The Bertz CT molecular complexity index is 1800. The number of furan rings is 1. The van der Waals surface area contributed by atoms with Crippen molar-refractivity contribution < 1.29 is 33.3 Å². The number of phenolic OH excluding ortho intramolecular Hbond substituents is 1. The Morgan fingerprint density at radius 2 is 1.88 bits per heavy atom. The van der Waals surface area contributed by atoms with Crippen molar-refractivity contribution in [3.63, 3.8) is 0 Å². The van der Waals surface area contributed by atoms with Gasteiger partial charge in [0.15, 0.2) is 27.4 Å². The molecule has 0 saturated carbocycles. The van der Waals surface area contributed by atoms with E-state index < -0.39 is 23.5 Å². The summed E-state index contributed by atoms with van der Waals surface area (Å²) in [6.45, 7) is 0. The second kappa shape index (κ2) is 10.7. The van der Waals surface area contributed by atoms with Crippen molar-refractivity contribution in [3.8, 4) is 11.5 Å². The molecule has 0 radical (unpaired) electrons. The number of carbonyl (C=O) groups is 2. The summed E-state index contributed by atoms with van der Waals surface area (Å²) in [7, 11) is 1.37. The van der Waals surface area contributed by atoms with Gasteiger partial charge in [0, 0.05) is 11.1 Å². The predicted octanol–water partition coefficient (Wildman–Crippen LogP) is 6.21. The Balaban J connectivity index is 1.38. The van der Waals surface area contributed by atoms with E-state index >= 15 is 0 Å². The van der Waals surface area contributed by atoms with Crippen LogP contribution in [0.5, 0.6) is 11.5 Å². The molecule has 0 bridgehead atoms. The third-order valence-corrected chi connectivity index (χ3v) is 8.63. The molecule has 206 valence electrons. The van der Waals surface area contributed by atoms with Gasteiger partial charge >= 0.3 is 0 Å². The highest BCUT2D eigenvalue weighted by atomic mass is 32.2. The van der Waals surface area contributed by atoms with E-state index in [0.29, 0.717) is 26.6 Å². The first kappa shape index (κ1) is 26.5. The van der Waals surface area contributed by atoms with Gasteiger partial charge < -0.3 is 19.4 Å². The van der Waals surface area contributed by atoms with Crippen LogP contribution in [0.25, 0.3) is 11.0 Å². The molecule has 2 aromatic heterocycles. The summed E-state index contributed by atoms with van der Waals surface area (Å²) >= 11 is 2.45. The van der Waals surface area contributed by atoms with E-state index in [4.69, 9.17) is 9.15 Å². The number of ketones is 1. The Morgan fingerprint density at radius 1 is 1.10 bits per heavy atom. The third-order valence-electron chi connectivity index (χ3n) is 6.50. The lowest BCUT2D eigenvalue weighted by atomic mass is 9.95. The number of nitrogens with zero attached hydrogens (tertiary/aromatic N) is 3. The first-order chi connectivity index (χ1) is 19.8. The van der Waals surface area contributed by atoms with Gasteiger partial charge in [0.1, 0.15) is 11.4 Å². The normalized spacial score (nSPS) is 15.2. The highest BCUT2D eigenvalue weighted by molar-refractivity contribution is 8.00. The second-order valence-electron chi connectivity index (χ2n) is 9.01. The van der Waals surface area contributed by atoms with Gasteiger partial charge in [-0.3, -0.25) is 14.5 Å². The quantitative estimate of drug-likeness (QED) is 0.123. The highest BCUT2D eigenvalue weighted by Gasteiger charge is 2.47. The molecule has 5 aromatic rings. The number of carbonyl (C=O) groups excluding carboxylic acids is 2. The smallest absolute Gasteiger partial charge is 0.296 e. The number of halogens is 1. The van der Waals surface area contributed by atoms with Gasteiger partial charge in [0.05, 0.1) is 18.7 Å². The van der Waals surface area contributed by atoms with Crippen LogP contribution in [0, 0.1) is 5.82 Å². The fourth-order valence-electron chi connectivity index (χ4n) is 4.52. The molecule has 0 unspecified atom stereocenters. The maximum absolute atomic E-state index is 13.8. The summed E-state index contributed by atoms with van der Waals surface area (Å²) in [5.41, 5.74) is 1.52. The zero-order chi connectivity index (χ0) is 28.7. The molecule has 0 aliphatic carbocycles. The van der Waals surface area contributed by atoms with Crippen LogP contribution in [0.3, 0.4) is 0 Å². The van der Waals surface area contributed by atoms with E-state index in [-0.39, 0.29) is 33.8 Å². The molecule has 1 aliphatic heterocycles. The number of amides is 1. The summed E-state index contributed by atoms with van der Waals surface area (Å²) < 4.78 is 24.8.